The van der Waals surface area contributed by atoms with Crippen LogP contribution in [0, 0.1) is 13.8 Å². The average molecular weight is 369 g/mol. The summed E-state index contributed by atoms with van der Waals surface area (Å²) < 4.78 is 12.4. The van der Waals surface area contributed by atoms with Crippen LogP contribution in [0.4, 0.5) is 0 Å². The van der Waals surface area contributed by atoms with Crippen molar-refractivity contribution in [2.45, 2.75) is 33.4 Å². The van der Waals surface area contributed by atoms with Gasteiger partial charge in [-0.05, 0) is 0 Å². The Bertz CT molecular complexity index is 531. The van der Waals surface area contributed by atoms with Gasteiger partial charge < -0.3 is 0 Å². The van der Waals surface area contributed by atoms with Crippen LogP contribution in [0.5, 0.6) is 11.5 Å². The van der Waals surface area contributed by atoms with Crippen LogP contribution in [0.25, 0.3) is 0 Å². The van der Waals surface area contributed by atoms with Crippen molar-refractivity contribution in [3.8, 4) is 11.5 Å². The maximum atomic E-state index is 6.19. The topological polar surface area (TPSA) is 18.5 Å². The minimum absolute atomic E-state index is 0.264. The van der Waals surface area contributed by atoms with E-state index in [-0.39, 0.29) is 5.66 Å². The molecule has 0 saturated heterocycles. The van der Waals surface area contributed by atoms with Gasteiger partial charge in [0.15, 0.2) is 0 Å². The molecule has 0 aliphatic rings. The summed E-state index contributed by atoms with van der Waals surface area (Å²) >= 11 is 3.75. The van der Waals surface area contributed by atoms with E-state index in [2.05, 4.69) is 43.2 Å². The van der Waals surface area contributed by atoms with Crippen molar-refractivity contribution < 1.29 is 9.05 Å². The average Bonchev–Trinajstić information content (AvgIpc) is 2.44. The van der Waals surface area contributed by atoms with Crippen molar-refractivity contribution in [3.05, 3.63) is 59.7 Å². The Morgan fingerprint density at radius 2 is 1.10 bits per heavy atom. The molecule has 2 aromatic carbocycles. The van der Waals surface area contributed by atoms with Gasteiger partial charge in [0.2, 0.25) is 0 Å². The predicted molar refractivity (Wildman–Crippen MR) is 96.0 cm³/mol. The van der Waals surface area contributed by atoms with Crippen molar-refractivity contribution >= 4 is 21.9 Å². The zero-order valence-electron chi connectivity index (χ0n) is 12.9. The van der Waals surface area contributed by atoms with Gasteiger partial charge in [-0.15, -0.1) is 0 Å². The second-order valence-corrected chi connectivity index (χ2v) is 11.6. The standard InChI is InChI=1S/C17H22BrO2P/c1-13(2)21(18,19-16-9-5-14(3)6-10-16)20-17-11-7-15(4)8-12-17/h5-13,21H,1-4H3. The molecule has 0 bridgehead atoms. The van der Waals surface area contributed by atoms with Crippen molar-refractivity contribution in [1.82, 2.24) is 0 Å². The number of hydrogen-bond acceptors (Lipinski definition) is 2. The Hall–Kier alpha value is -1.05. The zero-order valence-corrected chi connectivity index (χ0v) is 15.5. The summed E-state index contributed by atoms with van der Waals surface area (Å²) in [5.41, 5.74) is 2.70. The van der Waals surface area contributed by atoms with E-state index in [9.17, 15) is 0 Å². The van der Waals surface area contributed by atoms with Crippen molar-refractivity contribution in [2.75, 3.05) is 0 Å². The Morgan fingerprint density at radius 1 is 0.762 bits per heavy atom. The van der Waals surface area contributed by atoms with Crippen LogP contribution in [0.2, 0.25) is 0 Å². The van der Waals surface area contributed by atoms with Crippen LogP contribution in [0.3, 0.4) is 0 Å². The molecule has 0 fully saturated rings. The molecule has 0 unspecified atom stereocenters. The van der Waals surface area contributed by atoms with E-state index in [0.29, 0.717) is 0 Å². The van der Waals surface area contributed by atoms with Crippen LogP contribution in [-0.4, -0.2) is 5.66 Å². The molecule has 4 heteroatoms. The molecule has 0 amide bonds. The second kappa shape index (κ2) is 6.81. The molecule has 21 heavy (non-hydrogen) atoms. The fourth-order valence-corrected chi connectivity index (χ4v) is 4.34. The Balaban J connectivity index is 2.19. The van der Waals surface area contributed by atoms with Crippen LogP contribution in [0.15, 0.2) is 48.5 Å². The van der Waals surface area contributed by atoms with E-state index < -0.39 is 6.42 Å². The molecule has 114 valence electrons. The maximum absolute atomic E-state index is 6.19. The molecule has 0 heterocycles. The fourth-order valence-electron chi connectivity index (χ4n) is 1.79. The molecule has 0 aromatic heterocycles. The molecular formula is C17H22BrO2P. The first-order valence-corrected chi connectivity index (χ1v) is 11.2. The fraction of sp³-hybridized carbons (Fsp3) is 0.294. The van der Waals surface area contributed by atoms with Gasteiger partial charge in [0.05, 0.1) is 0 Å². The van der Waals surface area contributed by atoms with E-state index in [1.165, 1.54) is 11.1 Å². The third-order valence-electron chi connectivity index (χ3n) is 3.25. The minimum atomic E-state index is -2.53. The van der Waals surface area contributed by atoms with Gasteiger partial charge in [0.1, 0.15) is 0 Å². The van der Waals surface area contributed by atoms with Gasteiger partial charge in [0.25, 0.3) is 0 Å². The number of benzene rings is 2. The van der Waals surface area contributed by atoms with E-state index in [4.69, 9.17) is 9.05 Å². The molecule has 2 nitrogen and oxygen atoms in total. The van der Waals surface area contributed by atoms with Crippen LogP contribution < -0.4 is 9.05 Å². The van der Waals surface area contributed by atoms with Crippen LogP contribution in [-0.2, 0) is 0 Å². The van der Waals surface area contributed by atoms with E-state index in [0.717, 1.165) is 11.5 Å². The molecule has 2 rings (SSSR count). The monoisotopic (exact) mass is 368 g/mol. The van der Waals surface area contributed by atoms with Gasteiger partial charge in [-0.25, -0.2) is 0 Å². The normalized spacial score (nSPS) is 12.3. The first kappa shape index (κ1) is 16.3. The SMILES string of the molecule is Cc1ccc(O[PH](Br)(Oc2ccc(C)cc2)C(C)C)cc1. The Kier molecular flexibility index (Phi) is 5.29. The third kappa shape index (κ3) is 4.46. The zero-order chi connectivity index (χ0) is 15.5. The van der Waals surface area contributed by atoms with Gasteiger partial charge in [0, 0.05) is 0 Å². The van der Waals surface area contributed by atoms with Crippen LogP contribution >= 0.6 is 21.9 Å². The summed E-state index contributed by atoms with van der Waals surface area (Å²) in [4.78, 5) is 0. The second-order valence-electron chi connectivity index (χ2n) is 5.57. The summed E-state index contributed by atoms with van der Waals surface area (Å²) in [7, 11) is 0. The van der Waals surface area contributed by atoms with Gasteiger partial charge in [-0.3, -0.25) is 0 Å². The first-order valence-electron chi connectivity index (χ1n) is 7.09. The van der Waals surface area contributed by atoms with Gasteiger partial charge in [-0.2, -0.15) is 0 Å². The van der Waals surface area contributed by atoms with Gasteiger partial charge in [-0.1, -0.05) is 0 Å². The number of aryl methyl sites for hydroxylation is 2. The summed E-state index contributed by atoms with van der Waals surface area (Å²) in [6.07, 6.45) is -2.53. The predicted octanol–water partition coefficient (Wildman–Crippen LogP) is 6.06. The van der Waals surface area contributed by atoms with Crippen molar-refractivity contribution in [3.63, 3.8) is 0 Å². The number of halogens is 1. The van der Waals surface area contributed by atoms with E-state index >= 15 is 0 Å². The molecule has 0 saturated carbocycles. The third-order valence-corrected chi connectivity index (χ3v) is 9.37. The molecule has 0 aliphatic heterocycles. The summed E-state index contributed by atoms with van der Waals surface area (Å²) in [6, 6.07) is 16.1. The molecule has 0 atom stereocenters. The molecule has 0 N–H and O–H groups in total. The first-order chi connectivity index (χ1) is 9.89. The van der Waals surface area contributed by atoms with Gasteiger partial charge >= 0.3 is 135 Å². The van der Waals surface area contributed by atoms with Crippen LogP contribution in [0.1, 0.15) is 25.0 Å². The number of hydrogen-bond donors (Lipinski definition) is 0. The molecule has 0 radical (unpaired) electrons. The van der Waals surface area contributed by atoms with Crippen molar-refractivity contribution in [2.24, 2.45) is 0 Å². The summed E-state index contributed by atoms with van der Waals surface area (Å²) in [5, 5.41) is 0. The Morgan fingerprint density at radius 3 is 1.38 bits per heavy atom. The van der Waals surface area contributed by atoms with E-state index in [1.807, 2.05) is 48.5 Å². The number of rotatable bonds is 5. The summed E-state index contributed by atoms with van der Waals surface area (Å²) in [6.45, 7) is 8.36. The summed E-state index contributed by atoms with van der Waals surface area (Å²) in [5.74, 6) is 1.68. The quantitative estimate of drug-likeness (QED) is 0.597. The van der Waals surface area contributed by atoms with Crippen molar-refractivity contribution in [1.29, 1.82) is 0 Å². The Labute approximate surface area is 135 Å². The molecular weight excluding hydrogens is 347 g/mol. The molecule has 0 aliphatic carbocycles. The van der Waals surface area contributed by atoms with E-state index in [1.54, 1.807) is 0 Å². The molecule has 0 spiro atoms. The molecule has 2 aromatic rings.